The normalized spacial score (nSPS) is 22.0. The van der Waals surface area contributed by atoms with Crippen molar-refractivity contribution in [2.45, 2.75) is 45.1 Å². The maximum Gasteiger partial charge on any atom is 0.180 e. The van der Waals surface area contributed by atoms with E-state index in [1.165, 1.54) is 17.7 Å². The predicted molar refractivity (Wildman–Crippen MR) is 104 cm³/mol. The Morgan fingerprint density at radius 2 is 2.07 bits per heavy atom. The predicted octanol–water partition coefficient (Wildman–Crippen LogP) is 4.60. The molecule has 0 spiro atoms. The molecule has 1 aliphatic heterocycles. The van der Waals surface area contributed by atoms with Crippen molar-refractivity contribution in [2.24, 2.45) is 5.92 Å². The Kier molecular flexibility index (Phi) is 4.15. The lowest BCUT2D eigenvalue weighted by molar-refractivity contribution is 0.326. The summed E-state index contributed by atoms with van der Waals surface area (Å²) in [5.74, 6) is 3.54. The molecule has 3 aromatic rings. The number of anilines is 1. The van der Waals surface area contributed by atoms with Crippen LogP contribution in [0.4, 0.5) is 5.82 Å². The summed E-state index contributed by atoms with van der Waals surface area (Å²) in [4.78, 5) is 16.8. The first-order valence-corrected chi connectivity index (χ1v) is 9.91. The van der Waals surface area contributed by atoms with Gasteiger partial charge >= 0.3 is 0 Å². The van der Waals surface area contributed by atoms with Gasteiger partial charge in [-0.15, -0.1) is 0 Å². The van der Waals surface area contributed by atoms with E-state index in [9.17, 15) is 0 Å². The second-order valence-electron chi connectivity index (χ2n) is 7.72. The molecule has 0 aromatic carbocycles. The fraction of sp³-hybridized carbons (Fsp3) is 0.409. The highest BCUT2D eigenvalue weighted by atomic mass is 16.3. The summed E-state index contributed by atoms with van der Waals surface area (Å²) in [5, 5.41) is 0. The van der Waals surface area contributed by atoms with Gasteiger partial charge in [0.05, 0.1) is 12.3 Å². The van der Waals surface area contributed by atoms with Crippen molar-refractivity contribution in [1.82, 2.24) is 15.0 Å². The molecule has 0 N–H and O–H groups in total. The van der Waals surface area contributed by atoms with Crippen LogP contribution in [-0.4, -0.2) is 21.5 Å². The third-order valence-corrected chi connectivity index (χ3v) is 5.81. The standard InChI is InChI=1S/C22H24N4O/c1-15-10-12-26(19(14-15)20-9-5-13-27-20)22-16-6-4-8-17(16)24-21(25-22)18-7-2-3-11-23-18/h2-3,5,7,9,11,13,15,19H,4,6,8,10,12,14H2,1H3. The minimum absolute atomic E-state index is 0.236. The average molecular weight is 360 g/mol. The maximum absolute atomic E-state index is 5.81. The van der Waals surface area contributed by atoms with Crippen molar-refractivity contribution >= 4 is 5.82 Å². The van der Waals surface area contributed by atoms with Crippen molar-refractivity contribution in [3.63, 3.8) is 0 Å². The first-order chi connectivity index (χ1) is 13.3. The topological polar surface area (TPSA) is 55.1 Å². The Morgan fingerprint density at radius 1 is 1.11 bits per heavy atom. The molecule has 4 heterocycles. The van der Waals surface area contributed by atoms with Crippen molar-refractivity contribution in [3.8, 4) is 11.5 Å². The number of hydrogen-bond donors (Lipinski definition) is 0. The Labute approximate surface area is 159 Å². The van der Waals surface area contributed by atoms with Gasteiger partial charge in [0.15, 0.2) is 5.82 Å². The second kappa shape index (κ2) is 6.80. The van der Waals surface area contributed by atoms with Gasteiger partial charge in [0.1, 0.15) is 17.3 Å². The lowest BCUT2D eigenvalue weighted by atomic mass is 9.90. The van der Waals surface area contributed by atoms with Gasteiger partial charge in [-0.3, -0.25) is 4.98 Å². The number of aryl methyl sites for hydroxylation is 1. The van der Waals surface area contributed by atoms with Gasteiger partial charge in [0.25, 0.3) is 0 Å². The van der Waals surface area contributed by atoms with Crippen molar-refractivity contribution in [3.05, 3.63) is 59.8 Å². The zero-order valence-electron chi connectivity index (χ0n) is 15.6. The Morgan fingerprint density at radius 3 is 2.89 bits per heavy atom. The molecule has 0 bridgehead atoms. The Bertz CT molecular complexity index is 923. The Balaban J connectivity index is 1.62. The molecule has 1 fully saturated rings. The van der Waals surface area contributed by atoms with Gasteiger partial charge in [-0.1, -0.05) is 13.0 Å². The average Bonchev–Trinajstić information content (AvgIpc) is 3.40. The first kappa shape index (κ1) is 16.5. The van der Waals surface area contributed by atoms with Crippen LogP contribution in [0.15, 0.2) is 47.2 Å². The third-order valence-electron chi connectivity index (χ3n) is 5.81. The molecule has 5 heteroatoms. The number of nitrogens with zero attached hydrogens (tertiary/aromatic N) is 4. The highest BCUT2D eigenvalue weighted by Crippen LogP contribution is 2.40. The fourth-order valence-corrected chi connectivity index (χ4v) is 4.41. The molecule has 1 saturated heterocycles. The number of furan rings is 1. The lowest BCUT2D eigenvalue weighted by Gasteiger charge is -2.39. The summed E-state index contributed by atoms with van der Waals surface area (Å²) in [5.41, 5.74) is 3.35. The molecule has 1 aliphatic carbocycles. The molecular formula is C22H24N4O. The molecule has 5 rings (SSSR count). The van der Waals surface area contributed by atoms with Crippen LogP contribution in [0, 0.1) is 5.92 Å². The molecule has 2 atom stereocenters. The maximum atomic E-state index is 5.81. The highest BCUT2D eigenvalue weighted by molar-refractivity contribution is 5.59. The summed E-state index contributed by atoms with van der Waals surface area (Å²) < 4.78 is 5.81. The molecule has 5 nitrogen and oxygen atoms in total. The molecule has 0 saturated carbocycles. The van der Waals surface area contributed by atoms with E-state index in [0.717, 1.165) is 55.3 Å². The lowest BCUT2D eigenvalue weighted by Crippen LogP contribution is -2.37. The number of aromatic nitrogens is 3. The van der Waals surface area contributed by atoms with E-state index in [2.05, 4.69) is 22.9 Å². The van der Waals surface area contributed by atoms with Crippen LogP contribution in [-0.2, 0) is 12.8 Å². The van der Waals surface area contributed by atoms with E-state index in [-0.39, 0.29) is 6.04 Å². The molecule has 138 valence electrons. The van der Waals surface area contributed by atoms with Crippen LogP contribution in [0.25, 0.3) is 11.5 Å². The van der Waals surface area contributed by atoms with Crippen molar-refractivity contribution < 1.29 is 4.42 Å². The molecule has 0 amide bonds. The minimum Gasteiger partial charge on any atom is -0.467 e. The van der Waals surface area contributed by atoms with Gasteiger partial charge in [0, 0.05) is 24.0 Å². The Hall–Kier alpha value is -2.69. The zero-order valence-corrected chi connectivity index (χ0v) is 15.6. The van der Waals surface area contributed by atoms with Crippen LogP contribution in [0.1, 0.15) is 49.2 Å². The second-order valence-corrected chi connectivity index (χ2v) is 7.72. The summed E-state index contributed by atoms with van der Waals surface area (Å²) >= 11 is 0. The SMILES string of the molecule is CC1CCN(c2nc(-c3ccccn3)nc3c2CCC3)C(c2ccco2)C1. The largest absolute Gasteiger partial charge is 0.467 e. The number of pyridine rings is 1. The molecule has 2 aliphatic rings. The van der Waals surface area contributed by atoms with Gasteiger partial charge in [-0.25, -0.2) is 9.97 Å². The van der Waals surface area contributed by atoms with E-state index >= 15 is 0 Å². The summed E-state index contributed by atoms with van der Waals surface area (Å²) in [7, 11) is 0. The number of fused-ring (bicyclic) bond motifs is 1. The first-order valence-electron chi connectivity index (χ1n) is 9.91. The minimum atomic E-state index is 0.236. The van der Waals surface area contributed by atoms with Crippen LogP contribution in [0.5, 0.6) is 0 Å². The summed E-state index contributed by atoms with van der Waals surface area (Å²) in [6.07, 6.45) is 9.08. The molecular weight excluding hydrogens is 336 g/mol. The smallest absolute Gasteiger partial charge is 0.180 e. The number of hydrogen-bond acceptors (Lipinski definition) is 5. The van der Waals surface area contributed by atoms with E-state index in [0.29, 0.717) is 5.92 Å². The third kappa shape index (κ3) is 3.01. The quantitative estimate of drug-likeness (QED) is 0.683. The molecule has 3 aromatic heterocycles. The van der Waals surface area contributed by atoms with Crippen molar-refractivity contribution in [1.29, 1.82) is 0 Å². The van der Waals surface area contributed by atoms with Gasteiger partial charge in [0.2, 0.25) is 0 Å². The van der Waals surface area contributed by atoms with E-state index in [1.807, 2.05) is 24.3 Å². The van der Waals surface area contributed by atoms with E-state index in [4.69, 9.17) is 14.4 Å². The van der Waals surface area contributed by atoms with Crippen molar-refractivity contribution in [2.75, 3.05) is 11.4 Å². The van der Waals surface area contributed by atoms with Crippen LogP contribution >= 0.6 is 0 Å². The van der Waals surface area contributed by atoms with Gasteiger partial charge in [-0.2, -0.15) is 0 Å². The number of piperidine rings is 1. The summed E-state index contributed by atoms with van der Waals surface area (Å²) in [6.45, 7) is 3.33. The molecule has 27 heavy (non-hydrogen) atoms. The molecule has 0 radical (unpaired) electrons. The van der Waals surface area contributed by atoms with Gasteiger partial charge in [-0.05, 0) is 62.3 Å². The monoisotopic (exact) mass is 360 g/mol. The van der Waals surface area contributed by atoms with Crippen LogP contribution in [0.3, 0.4) is 0 Å². The van der Waals surface area contributed by atoms with E-state index in [1.54, 1.807) is 12.5 Å². The zero-order chi connectivity index (χ0) is 18.2. The summed E-state index contributed by atoms with van der Waals surface area (Å²) in [6, 6.07) is 10.2. The fourth-order valence-electron chi connectivity index (χ4n) is 4.41. The molecule has 2 unspecified atom stereocenters. The highest BCUT2D eigenvalue weighted by Gasteiger charge is 2.33. The number of rotatable bonds is 3. The van der Waals surface area contributed by atoms with E-state index < -0.39 is 0 Å². The van der Waals surface area contributed by atoms with Gasteiger partial charge < -0.3 is 9.32 Å². The van der Waals surface area contributed by atoms with Crippen LogP contribution < -0.4 is 4.90 Å². The van der Waals surface area contributed by atoms with Crippen LogP contribution in [0.2, 0.25) is 0 Å².